The van der Waals surface area contributed by atoms with E-state index in [1.54, 1.807) is 0 Å². The quantitative estimate of drug-likeness (QED) is 0.647. The van der Waals surface area contributed by atoms with Gasteiger partial charge in [-0.15, -0.1) is 0 Å². The highest BCUT2D eigenvalue weighted by Crippen LogP contribution is 2.31. The lowest BCUT2D eigenvalue weighted by Crippen LogP contribution is -2.29. The van der Waals surface area contributed by atoms with Crippen LogP contribution in [-0.2, 0) is 14.9 Å². The normalized spacial score (nSPS) is 26.3. The first-order valence-corrected chi connectivity index (χ1v) is 5.93. The van der Waals surface area contributed by atoms with E-state index in [0.717, 1.165) is 23.7 Å². The van der Waals surface area contributed by atoms with Crippen molar-refractivity contribution in [1.29, 1.82) is 0 Å². The van der Waals surface area contributed by atoms with Gasteiger partial charge in [0.05, 0.1) is 12.4 Å². The van der Waals surface area contributed by atoms with E-state index in [1.807, 2.05) is 0 Å². The lowest BCUT2D eigenvalue weighted by atomic mass is 10.5. The molecule has 0 amide bonds. The number of hydroxylamine groups is 1. The zero-order chi connectivity index (χ0) is 8.60. The van der Waals surface area contributed by atoms with E-state index in [-0.39, 0.29) is 5.75 Å². The molecule has 0 aromatic heterocycles. The Kier molecular flexibility index (Phi) is 2.10. The number of hydrogen-bond donors (Lipinski definition) is 0. The van der Waals surface area contributed by atoms with E-state index in [9.17, 15) is 8.42 Å². The molecule has 2 fully saturated rings. The first kappa shape index (κ1) is 8.47. The molecule has 0 bridgehead atoms. The van der Waals surface area contributed by atoms with Gasteiger partial charge in [-0.1, -0.05) is 4.47 Å². The lowest BCUT2D eigenvalue weighted by Gasteiger charge is -2.13. The van der Waals surface area contributed by atoms with Gasteiger partial charge in [0.1, 0.15) is 0 Å². The van der Waals surface area contributed by atoms with Gasteiger partial charge >= 0.3 is 0 Å². The summed E-state index contributed by atoms with van der Waals surface area (Å²) < 4.78 is 24.1. The van der Waals surface area contributed by atoms with E-state index >= 15 is 0 Å². The van der Waals surface area contributed by atoms with Crippen LogP contribution in [0.15, 0.2) is 0 Å². The SMILES string of the molecule is O=S(=O)(CC1CC1)N1CCCO1. The summed E-state index contributed by atoms with van der Waals surface area (Å²) in [6.07, 6.45) is 2.95. The van der Waals surface area contributed by atoms with Gasteiger partial charge in [-0.25, -0.2) is 8.42 Å². The van der Waals surface area contributed by atoms with Crippen LogP contribution in [0.2, 0.25) is 0 Å². The van der Waals surface area contributed by atoms with Crippen LogP contribution in [0.4, 0.5) is 0 Å². The fourth-order valence-corrected chi connectivity index (χ4v) is 3.05. The summed E-state index contributed by atoms with van der Waals surface area (Å²) in [6.45, 7) is 1.08. The fourth-order valence-electron chi connectivity index (χ4n) is 1.31. The highest BCUT2D eigenvalue weighted by Gasteiger charge is 2.33. The molecule has 0 aromatic carbocycles. The molecule has 12 heavy (non-hydrogen) atoms. The molecule has 2 rings (SSSR count). The number of sulfonamides is 1. The van der Waals surface area contributed by atoms with Gasteiger partial charge in [0.25, 0.3) is 0 Å². The molecule has 5 heteroatoms. The van der Waals surface area contributed by atoms with E-state index in [1.165, 1.54) is 0 Å². The Morgan fingerprint density at radius 1 is 1.42 bits per heavy atom. The first-order valence-electron chi connectivity index (χ1n) is 4.32. The molecule has 0 aromatic rings. The minimum Gasteiger partial charge on any atom is -0.284 e. The largest absolute Gasteiger partial charge is 0.284 e. The van der Waals surface area contributed by atoms with Crippen molar-refractivity contribution in [3.05, 3.63) is 0 Å². The maximum absolute atomic E-state index is 11.5. The van der Waals surface area contributed by atoms with Crippen molar-refractivity contribution in [3.63, 3.8) is 0 Å². The highest BCUT2D eigenvalue weighted by atomic mass is 32.2. The summed E-state index contributed by atoms with van der Waals surface area (Å²) in [5, 5.41) is 0. The highest BCUT2D eigenvalue weighted by molar-refractivity contribution is 7.88. The smallest absolute Gasteiger partial charge is 0.236 e. The van der Waals surface area contributed by atoms with Crippen molar-refractivity contribution in [2.24, 2.45) is 5.92 Å². The Morgan fingerprint density at radius 3 is 2.67 bits per heavy atom. The van der Waals surface area contributed by atoms with Gasteiger partial charge in [-0.2, -0.15) is 0 Å². The second-order valence-corrected chi connectivity index (χ2v) is 5.34. The summed E-state index contributed by atoms with van der Waals surface area (Å²) in [4.78, 5) is 4.99. The maximum atomic E-state index is 11.5. The third kappa shape index (κ3) is 1.78. The van der Waals surface area contributed by atoms with Gasteiger partial charge < -0.3 is 0 Å². The van der Waals surface area contributed by atoms with Gasteiger partial charge in [0.2, 0.25) is 10.0 Å². The van der Waals surface area contributed by atoms with Crippen LogP contribution in [-0.4, -0.2) is 31.8 Å². The molecule has 0 spiro atoms. The summed E-state index contributed by atoms with van der Waals surface area (Å²) in [5.74, 6) is 0.687. The van der Waals surface area contributed by atoms with Gasteiger partial charge in [0.15, 0.2) is 0 Å². The van der Waals surface area contributed by atoms with E-state index in [4.69, 9.17) is 4.84 Å². The molecule has 1 saturated carbocycles. The molecule has 0 N–H and O–H groups in total. The van der Waals surface area contributed by atoms with Crippen molar-refractivity contribution >= 4 is 10.0 Å². The number of nitrogens with zero attached hydrogens (tertiary/aromatic N) is 1. The number of rotatable bonds is 3. The van der Waals surface area contributed by atoms with E-state index in [2.05, 4.69) is 0 Å². The average molecular weight is 191 g/mol. The van der Waals surface area contributed by atoms with Crippen molar-refractivity contribution in [2.45, 2.75) is 19.3 Å². The van der Waals surface area contributed by atoms with Gasteiger partial charge in [-0.3, -0.25) is 4.84 Å². The molecule has 0 atom stereocenters. The topological polar surface area (TPSA) is 46.6 Å². The van der Waals surface area contributed by atoms with Crippen LogP contribution in [0, 0.1) is 5.92 Å². The molecule has 1 heterocycles. The molecular formula is C7H13NO3S. The Bertz CT molecular complexity index is 252. The molecule has 1 saturated heterocycles. The van der Waals surface area contributed by atoms with Crippen molar-refractivity contribution in [1.82, 2.24) is 4.47 Å². The molecule has 0 unspecified atom stereocenters. The van der Waals surface area contributed by atoms with E-state index in [0.29, 0.717) is 19.1 Å². The maximum Gasteiger partial charge on any atom is 0.236 e. The van der Waals surface area contributed by atoms with Gasteiger partial charge in [0, 0.05) is 6.54 Å². The monoisotopic (exact) mass is 191 g/mol. The fraction of sp³-hybridized carbons (Fsp3) is 1.00. The molecule has 4 nitrogen and oxygen atoms in total. The Balaban J connectivity index is 1.97. The standard InChI is InChI=1S/C7H13NO3S/c9-12(10,6-7-2-3-7)8-4-1-5-11-8/h7H,1-6H2. The van der Waals surface area contributed by atoms with Crippen molar-refractivity contribution in [2.75, 3.05) is 18.9 Å². The van der Waals surface area contributed by atoms with Crippen molar-refractivity contribution < 1.29 is 13.3 Å². The predicted molar refractivity (Wildman–Crippen MR) is 43.8 cm³/mol. The molecule has 70 valence electrons. The van der Waals surface area contributed by atoms with Crippen LogP contribution in [0.1, 0.15) is 19.3 Å². The summed E-state index contributed by atoms with van der Waals surface area (Å²) in [7, 11) is -3.09. The Morgan fingerprint density at radius 2 is 2.17 bits per heavy atom. The summed E-state index contributed by atoms with van der Waals surface area (Å²) in [6, 6.07) is 0. The Labute approximate surface area is 72.5 Å². The second kappa shape index (κ2) is 2.97. The molecule has 2 aliphatic rings. The molecule has 1 aliphatic heterocycles. The lowest BCUT2D eigenvalue weighted by molar-refractivity contribution is -0.0285. The van der Waals surface area contributed by atoms with Crippen LogP contribution in [0.5, 0.6) is 0 Å². The summed E-state index contributed by atoms with van der Waals surface area (Å²) >= 11 is 0. The van der Waals surface area contributed by atoms with Gasteiger partial charge in [-0.05, 0) is 25.2 Å². The minimum atomic E-state index is -3.09. The average Bonchev–Trinajstić information content (AvgIpc) is 2.67. The zero-order valence-electron chi connectivity index (χ0n) is 6.90. The van der Waals surface area contributed by atoms with Crippen LogP contribution < -0.4 is 0 Å². The first-order chi connectivity index (χ1) is 5.68. The second-order valence-electron chi connectivity index (χ2n) is 3.44. The van der Waals surface area contributed by atoms with E-state index < -0.39 is 10.0 Å². The third-order valence-electron chi connectivity index (χ3n) is 2.17. The third-order valence-corrected chi connectivity index (χ3v) is 3.97. The predicted octanol–water partition coefficient (Wildman–Crippen LogP) is 0.364. The van der Waals surface area contributed by atoms with Crippen LogP contribution in [0.3, 0.4) is 0 Å². The molecular weight excluding hydrogens is 178 g/mol. The zero-order valence-corrected chi connectivity index (χ0v) is 7.72. The minimum absolute atomic E-state index is 0.285. The van der Waals surface area contributed by atoms with Crippen LogP contribution in [0.25, 0.3) is 0 Å². The molecule has 0 radical (unpaired) electrons. The summed E-state index contributed by atoms with van der Waals surface area (Å²) in [5.41, 5.74) is 0. The number of hydrogen-bond acceptors (Lipinski definition) is 3. The van der Waals surface area contributed by atoms with Crippen molar-refractivity contribution in [3.8, 4) is 0 Å². The van der Waals surface area contributed by atoms with Crippen LogP contribution >= 0.6 is 0 Å². The molecule has 1 aliphatic carbocycles. The Hall–Kier alpha value is -0.130.